The van der Waals surface area contributed by atoms with E-state index in [0.717, 1.165) is 24.1 Å². The van der Waals surface area contributed by atoms with E-state index in [-0.39, 0.29) is 0 Å². The van der Waals surface area contributed by atoms with Gasteiger partial charge in [0.05, 0.1) is 12.1 Å². The zero-order valence-electron chi connectivity index (χ0n) is 12.8. The second kappa shape index (κ2) is 7.48. The topological polar surface area (TPSA) is 21.3 Å². The van der Waals surface area contributed by atoms with Crippen LogP contribution in [0.4, 0.5) is 0 Å². The maximum Gasteiger partial charge on any atom is 0.137 e. The van der Waals surface area contributed by atoms with Gasteiger partial charge < -0.3 is 10.1 Å². The molecule has 2 nitrogen and oxygen atoms in total. The average molecular weight is 304 g/mol. The van der Waals surface area contributed by atoms with Crippen LogP contribution in [0, 0.1) is 0 Å². The van der Waals surface area contributed by atoms with Gasteiger partial charge in [0.25, 0.3) is 0 Å². The molecular formula is C18H22ClNO. The molecule has 0 saturated heterocycles. The summed E-state index contributed by atoms with van der Waals surface area (Å²) in [5.74, 6) is 0.704. The monoisotopic (exact) mass is 303 g/mol. The van der Waals surface area contributed by atoms with Crippen LogP contribution in [-0.4, -0.2) is 13.7 Å². The molecule has 0 fully saturated rings. The number of methoxy groups -OCH3 is 1. The molecule has 0 heterocycles. The van der Waals surface area contributed by atoms with Gasteiger partial charge in [-0.25, -0.2) is 0 Å². The molecule has 1 atom stereocenters. The third kappa shape index (κ3) is 3.78. The molecule has 0 bridgehead atoms. The summed E-state index contributed by atoms with van der Waals surface area (Å²) in [6.07, 6.45) is 1.08. The van der Waals surface area contributed by atoms with E-state index in [1.54, 1.807) is 7.11 Å². The van der Waals surface area contributed by atoms with Gasteiger partial charge in [0.1, 0.15) is 5.75 Å². The Hall–Kier alpha value is -1.51. The Morgan fingerprint density at radius 3 is 2.24 bits per heavy atom. The van der Waals surface area contributed by atoms with Gasteiger partial charge in [0.2, 0.25) is 0 Å². The molecule has 0 aliphatic rings. The van der Waals surface area contributed by atoms with Crippen LogP contribution in [0.3, 0.4) is 0 Å². The van der Waals surface area contributed by atoms with Crippen molar-refractivity contribution < 1.29 is 4.74 Å². The second-order valence-corrected chi connectivity index (χ2v) is 5.40. The van der Waals surface area contributed by atoms with Crippen LogP contribution in [0.1, 0.15) is 31.9 Å². The fraction of sp³-hybridized carbons (Fsp3) is 0.333. The lowest BCUT2D eigenvalue weighted by Crippen LogP contribution is -2.19. The Bertz CT molecular complexity index is 580. The molecule has 0 aromatic heterocycles. The molecule has 0 spiro atoms. The number of halogens is 1. The SMILES string of the molecule is CCNC(CC)c1ccc(-c2ccc(OC)c(Cl)c2)cc1. The quantitative estimate of drug-likeness (QED) is 0.804. The summed E-state index contributed by atoms with van der Waals surface area (Å²) in [6, 6.07) is 15.0. The van der Waals surface area contributed by atoms with Crippen LogP contribution in [-0.2, 0) is 0 Å². The fourth-order valence-corrected chi connectivity index (χ4v) is 2.76. The molecule has 1 N–H and O–H groups in total. The Morgan fingerprint density at radius 2 is 1.71 bits per heavy atom. The molecular weight excluding hydrogens is 282 g/mol. The van der Waals surface area contributed by atoms with Gasteiger partial charge in [0, 0.05) is 6.04 Å². The van der Waals surface area contributed by atoms with Gasteiger partial charge in [-0.15, -0.1) is 0 Å². The van der Waals surface area contributed by atoms with Gasteiger partial charge in [0.15, 0.2) is 0 Å². The molecule has 1 unspecified atom stereocenters. The van der Waals surface area contributed by atoms with Crippen LogP contribution in [0.25, 0.3) is 11.1 Å². The molecule has 0 aliphatic heterocycles. The highest BCUT2D eigenvalue weighted by Gasteiger charge is 2.08. The number of hydrogen-bond donors (Lipinski definition) is 1. The molecule has 0 radical (unpaired) electrons. The number of benzene rings is 2. The molecule has 0 saturated carbocycles. The predicted molar refractivity (Wildman–Crippen MR) is 90.1 cm³/mol. The van der Waals surface area contributed by atoms with E-state index in [1.165, 1.54) is 5.56 Å². The summed E-state index contributed by atoms with van der Waals surface area (Å²) in [4.78, 5) is 0. The molecule has 2 aromatic carbocycles. The first kappa shape index (κ1) is 15.9. The minimum absolute atomic E-state index is 0.420. The zero-order valence-corrected chi connectivity index (χ0v) is 13.6. The van der Waals surface area contributed by atoms with Crippen molar-refractivity contribution in [2.24, 2.45) is 0 Å². The van der Waals surface area contributed by atoms with Crippen molar-refractivity contribution >= 4 is 11.6 Å². The van der Waals surface area contributed by atoms with Crippen LogP contribution in [0.2, 0.25) is 5.02 Å². The normalized spacial score (nSPS) is 12.2. The smallest absolute Gasteiger partial charge is 0.137 e. The molecule has 0 aliphatic carbocycles. The van der Waals surface area contributed by atoms with E-state index in [9.17, 15) is 0 Å². The Kier molecular flexibility index (Phi) is 5.66. The van der Waals surface area contributed by atoms with E-state index < -0.39 is 0 Å². The molecule has 3 heteroatoms. The van der Waals surface area contributed by atoms with E-state index >= 15 is 0 Å². The predicted octanol–water partition coefficient (Wildman–Crippen LogP) is 5.08. The molecule has 112 valence electrons. The number of ether oxygens (including phenoxy) is 1. The highest BCUT2D eigenvalue weighted by molar-refractivity contribution is 6.32. The average Bonchev–Trinajstić information content (AvgIpc) is 2.52. The largest absolute Gasteiger partial charge is 0.495 e. The van der Waals surface area contributed by atoms with Crippen molar-refractivity contribution in [3.63, 3.8) is 0 Å². The Balaban J connectivity index is 2.24. The minimum Gasteiger partial charge on any atom is -0.495 e. The van der Waals surface area contributed by atoms with Gasteiger partial charge in [-0.1, -0.05) is 55.8 Å². The van der Waals surface area contributed by atoms with Crippen molar-refractivity contribution in [2.75, 3.05) is 13.7 Å². The lowest BCUT2D eigenvalue weighted by molar-refractivity contribution is 0.415. The minimum atomic E-state index is 0.420. The fourth-order valence-electron chi connectivity index (χ4n) is 2.50. The number of rotatable bonds is 6. The molecule has 2 aromatic rings. The first-order chi connectivity index (χ1) is 10.2. The van der Waals surface area contributed by atoms with Crippen LogP contribution >= 0.6 is 11.6 Å². The maximum absolute atomic E-state index is 6.19. The van der Waals surface area contributed by atoms with Gasteiger partial charge in [-0.2, -0.15) is 0 Å². The van der Waals surface area contributed by atoms with Crippen LogP contribution < -0.4 is 10.1 Å². The second-order valence-electron chi connectivity index (χ2n) is 4.99. The third-order valence-electron chi connectivity index (χ3n) is 3.66. The first-order valence-corrected chi connectivity index (χ1v) is 7.74. The zero-order chi connectivity index (χ0) is 15.2. The number of hydrogen-bond acceptors (Lipinski definition) is 2. The standard InChI is InChI=1S/C18H22ClNO/c1-4-17(20-5-2)14-8-6-13(7-9-14)15-10-11-18(21-3)16(19)12-15/h6-12,17,20H,4-5H2,1-3H3. The third-order valence-corrected chi connectivity index (χ3v) is 3.95. The van der Waals surface area contributed by atoms with Crippen molar-refractivity contribution in [3.8, 4) is 16.9 Å². The Morgan fingerprint density at radius 1 is 1.05 bits per heavy atom. The van der Waals surface area contributed by atoms with Crippen molar-refractivity contribution in [2.45, 2.75) is 26.3 Å². The summed E-state index contributed by atoms with van der Waals surface area (Å²) in [5.41, 5.74) is 3.58. The van der Waals surface area contributed by atoms with E-state index in [0.29, 0.717) is 16.8 Å². The van der Waals surface area contributed by atoms with E-state index in [1.807, 2.05) is 18.2 Å². The van der Waals surface area contributed by atoms with Crippen molar-refractivity contribution in [3.05, 3.63) is 53.1 Å². The van der Waals surface area contributed by atoms with Crippen LogP contribution in [0.5, 0.6) is 5.75 Å². The Labute approximate surface area is 132 Å². The van der Waals surface area contributed by atoms with Gasteiger partial charge >= 0.3 is 0 Å². The summed E-state index contributed by atoms with van der Waals surface area (Å²) < 4.78 is 5.19. The number of nitrogens with one attached hydrogen (secondary N) is 1. The highest BCUT2D eigenvalue weighted by Crippen LogP contribution is 2.30. The summed E-state index contributed by atoms with van der Waals surface area (Å²) >= 11 is 6.19. The van der Waals surface area contributed by atoms with Gasteiger partial charge in [-0.3, -0.25) is 0 Å². The first-order valence-electron chi connectivity index (χ1n) is 7.36. The molecule has 2 rings (SSSR count). The lowest BCUT2D eigenvalue weighted by atomic mass is 9.99. The van der Waals surface area contributed by atoms with Crippen molar-refractivity contribution in [1.82, 2.24) is 5.32 Å². The van der Waals surface area contributed by atoms with Crippen molar-refractivity contribution in [1.29, 1.82) is 0 Å². The molecule has 21 heavy (non-hydrogen) atoms. The maximum atomic E-state index is 6.19. The van der Waals surface area contributed by atoms with Gasteiger partial charge in [-0.05, 0) is 41.8 Å². The van der Waals surface area contributed by atoms with E-state index in [4.69, 9.17) is 16.3 Å². The lowest BCUT2D eigenvalue weighted by Gasteiger charge is -2.16. The summed E-state index contributed by atoms with van der Waals surface area (Å²) in [6.45, 7) is 5.31. The summed E-state index contributed by atoms with van der Waals surface area (Å²) in [5, 5.41) is 4.13. The van der Waals surface area contributed by atoms with Crippen LogP contribution in [0.15, 0.2) is 42.5 Å². The summed E-state index contributed by atoms with van der Waals surface area (Å²) in [7, 11) is 1.63. The highest BCUT2D eigenvalue weighted by atomic mass is 35.5. The molecule has 0 amide bonds. The van der Waals surface area contributed by atoms with E-state index in [2.05, 4.69) is 43.4 Å².